The fourth-order valence-corrected chi connectivity index (χ4v) is 3.67. The molecule has 0 bridgehead atoms. The Kier molecular flexibility index (Phi) is 4.79. The first kappa shape index (κ1) is 15.5. The molecular formula is C18H26N2O2. The van der Waals surface area contributed by atoms with Gasteiger partial charge < -0.3 is 14.5 Å². The number of carbonyl (C=O) groups excluding carboxylic acids is 1. The molecule has 2 saturated heterocycles. The minimum atomic E-state index is 0.146. The van der Waals surface area contributed by atoms with Crippen molar-refractivity contribution in [1.29, 1.82) is 0 Å². The number of rotatable bonds is 3. The quantitative estimate of drug-likeness (QED) is 0.853. The van der Waals surface area contributed by atoms with Gasteiger partial charge in [-0.15, -0.1) is 0 Å². The maximum Gasteiger partial charge on any atom is 0.223 e. The van der Waals surface area contributed by atoms with E-state index in [1.807, 2.05) is 23.1 Å². The van der Waals surface area contributed by atoms with Gasteiger partial charge in [-0.05, 0) is 32.0 Å². The van der Waals surface area contributed by atoms with Crippen LogP contribution in [0, 0.1) is 5.41 Å². The van der Waals surface area contributed by atoms with Crippen LogP contribution in [-0.4, -0.2) is 62.1 Å². The maximum absolute atomic E-state index is 12.6. The summed E-state index contributed by atoms with van der Waals surface area (Å²) in [6, 6.07) is 10.3. The third-order valence-electron chi connectivity index (χ3n) is 4.89. The third-order valence-corrected chi connectivity index (χ3v) is 4.89. The van der Waals surface area contributed by atoms with Crippen LogP contribution >= 0.6 is 0 Å². The third kappa shape index (κ3) is 3.68. The van der Waals surface area contributed by atoms with Gasteiger partial charge in [0.25, 0.3) is 0 Å². The van der Waals surface area contributed by atoms with Gasteiger partial charge in [0, 0.05) is 31.5 Å². The number of amides is 1. The zero-order chi connectivity index (χ0) is 15.4. The molecule has 120 valence electrons. The molecule has 4 nitrogen and oxygen atoms in total. The van der Waals surface area contributed by atoms with Crippen molar-refractivity contribution in [2.45, 2.75) is 19.3 Å². The van der Waals surface area contributed by atoms with Crippen molar-refractivity contribution < 1.29 is 9.53 Å². The Morgan fingerprint density at radius 1 is 1.23 bits per heavy atom. The fourth-order valence-electron chi connectivity index (χ4n) is 3.67. The second-order valence-electron chi connectivity index (χ2n) is 6.84. The molecule has 1 aromatic rings. The maximum atomic E-state index is 12.6. The number of aryl methyl sites for hydroxylation is 1. The van der Waals surface area contributed by atoms with Crippen LogP contribution < -0.4 is 0 Å². The molecule has 0 aliphatic carbocycles. The first-order valence-corrected chi connectivity index (χ1v) is 8.25. The molecule has 2 fully saturated rings. The summed E-state index contributed by atoms with van der Waals surface area (Å²) in [6.45, 7) is 5.19. The lowest BCUT2D eigenvalue weighted by atomic mass is 9.87. The Morgan fingerprint density at radius 2 is 2.05 bits per heavy atom. The van der Waals surface area contributed by atoms with Crippen molar-refractivity contribution in [2.24, 2.45) is 5.41 Å². The number of likely N-dealkylation sites (tertiary alicyclic amines) is 1. The molecule has 4 heteroatoms. The van der Waals surface area contributed by atoms with Crippen LogP contribution in [0.2, 0.25) is 0 Å². The van der Waals surface area contributed by atoms with E-state index < -0.39 is 0 Å². The lowest BCUT2D eigenvalue weighted by Gasteiger charge is -2.31. The van der Waals surface area contributed by atoms with E-state index in [1.54, 1.807) is 0 Å². The van der Waals surface area contributed by atoms with Crippen molar-refractivity contribution in [3.05, 3.63) is 35.9 Å². The van der Waals surface area contributed by atoms with Crippen LogP contribution in [0.1, 0.15) is 18.4 Å². The molecule has 1 aromatic carbocycles. The van der Waals surface area contributed by atoms with E-state index in [9.17, 15) is 4.79 Å². The highest BCUT2D eigenvalue weighted by atomic mass is 16.5. The number of hydrogen-bond donors (Lipinski definition) is 0. The molecule has 2 aliphatic heterocycles. The molecule has 0 N–H and O–H groups in total. The van der Waals surface area contributed by atoms with Gasteiger partial charge in [-0.1, -0.05) is 30.3 Å². The molecule has 0 radical (unpaired) electrons. The van der Waals surface area contributed by atoms with Crippen molar-refractivity contribution in [3.63, 3.8) is 0 Å². The van der Waals surface area contributed by atoms with Crippen molar-refractivity contribution in [2.75, 3.05) is 46.4 Å². The normalized spacial score (nSPS) is 26.3. The van der Waals surface area contributed by atoms with Gasteiger partial charge in [-0.2, -0.15) is 0 Å². The van der Waals surface area contributed by atoms with Crippen molar-refractivity contribution in [3.8, 4) is 0 Å². The zero-order valence-corrected chi connectivity index (χ0v) is 13.5. The molecule has 1 spiro atoms. The van der Waals surface area contributed by atoms with E-state index in [4.69, 9.17) is 4.74 Å². The SMILES string of the molecule is CN1CC[C@]2(COCCN(C(=O)CCc3ccccc3)C2)C1. The van der Waals surface area contributed by atoms with E-state index in [0.717, 1.165) is 45.6 Å². The van der Waals surface area contributed by atoms with Gasteiger partial charge >= 0.3 is 0 Å². The monoisotopic (exact) mass is 302 g/mol. The Balaban J connectivity index is 1.59. The average molecular weight is 302 g/mol. The van der Waals surface area contributed by atoms with Crippen molar-refractivity contribution >= 4 is 5.91 Å². The highest BCUT2D eigenvalue weighted by Crippen LogP contribution is 2.32. The lowest BCUT2D eigenvalue weighted by Crippen LogP contribution is -2.43. The van der Waals surface area contributed by atoms with E-state index in [1.165, 1.54) is 5.56 Å². The summed E-state index contributed by atoms with van der Waals surface area (Å²) in [5, 5.41) is 0. The van der Waals surface area contributed by atoms with E-state index >= 15 is 0 Å². The van der Waals surface area contributed by atoms with Gasteiger partial charge in [0.15, 0.2) is 0 Å². The van der Waals surface area contributed by atoms with E-state index in [0.29, 0.717) is 13.0 Å². The Hall–Kier alpha value is -1.39. The van der Waals surface area contributed by atoms with E-state index in [2.05, 4.69) is 24.1 Å². The molecule has 1 amide bonds. The molecule has 2 aliphatic rings. The predicted molar refractivity (Wildman–Crippen MR) is 86.7 cm³/mol. The summed E-state index contributed by atoms with van der Waals surface area (Å²) in [5.74, 6) is 0.267. The van der Waals surface area contributed by atoms with Crippen LogP contribution in [-0.2, 0) is 16.0 Å². The minimum absolute atomic E-state index is 0.146. The molecular weight excluding hydrogens is 276 g/mol. The summed E-state index contributed by atoms with van der Waals surface area (Å²) >= 11 is 0. The highest BCUT2D eigenvalue weighted by molar-refractivity contribution is 5.76. The Labute approximate surface area is 133 Å². The fraction of sp³-hybridized carbons (Fsp3) is 0.611. The number of benzene rings is 1. The van der Waals surface area contributed by atoms with Crippen LogP contribution in [0.4, 0.5) is 0 Å². The summed E-state index contributed by atoms with van der Waals surface area (Å²) in [4.78, 5) is 17.0. The second kappa shape index (κ2) is 6.80. The van der Waals surface area contributed by atoms with Gasteiger partial charge in [-0.3, -0.25) is 4.79 Å². The van der Waals surface area contributed by atoms with Crippen molar-refractivity contribution in [1.82, 2.24) is 9.80 Å². The lowest BCUT2D eigenvalue weighted by molar-refractivity contribution is -0.132. The predicted octanol–water partition coefficient (Wildman–Crippen LogP) is 1.80. The van der Waals surface area contributed by atoms with Crippen LogP contribution in [0.25, 0.3) is 0 Å². The standard InChI is InChI=1S/C18H26N2O2/c1-19-10-9-18(13-19)14-20(11-12-22-15-18)17(21)8-7-16-5-3-2-4-6-16/h2-6H,7-15H2,1H3/t18-/m0/s1. The van der Waals surface area contributed by atoms with Gasteiger partial charge in [0.1, 0.15) is 0 Å². The zero-order valence-electron chi connectivity index (χ0n) is 13.5. The molecule has 0 saturated carbocycles. The van der Waals surface area contributed by atoms with Gasteiger partial charge in [0.05, 0.1) is 13.2 Å². The van der Waals surface area contributed by atoms with Crippen LogP contribution in [0.15, 0.2) is 30.3 Å². The average Bonchev–Trinajstić information content (AvgIpc) is 2.77. The first-order chi connectivity index (χ1) is 10.7. The summed E-state index contributed by atoms with van der Waals surface area (Å²) < 4.78 is 5.80. The van der Waals surface area contributed by atoms with Gasteiger partial charge in [-0.25, -0.2) is 0 Å². The van der Waals surface area contributed by atoms with Gasteiger partial charge in [0.2, 0.25) is 5.91 Å². The first-order valence-electron chi connectivity index (χ1n) is 8.25. The number of nitrogens with zero attached hydrogens (tertiary/aromatic N) is 2. The molecule has 22 heavy (non-hydrogen) atoms. The van der Waals surface area contributed by atoms with Crippen LogP contribution in [0.5, 0.6) is 0 Å². The second-order valence-corrected chi connectivity index (χ2v) is 6.84. The molecule has 2 heterocycles. The summed E-state index contributed by atoms with van der Waals surface area (Å²) in [7, 11) is 2.15. The molecule has 3 rings (SSSR count). The van der Waals surface area contributed by atoms with Crippen LogP contribution in [0.3, 0.4) is 0 Å². The Bertz CT molecular complexity index is 505. The summed E-state index contributed by atoms with van der Waals surface area (Å²) in [6.07, 6.45) is 2.55. The highest BCUT2D eigenvalue weighted by Gasteiger charge is 2.40. The largest absolute Gasteiger partial charge is 0.379 e. The molecule has 0 aromatic heterocycles. The number of carbonyl (C=O) groups is 1. The topological polar surface area (TPSA) is 32.8 Å². The Morgan fingerprint density at radius 3 is 2.77 bits per heavy atom. The summed E-state index contributed by atoms with van der Waals surface area (Å²) in [5.41, 5.74) is 1.38. The number of ether oxygens (including phenoxy) is 1. The van der Waals surface area contributed by atoms with E-state index in [-0.39, 0.29) is 11.3 Å². The number of hydrogen-bond acceptors (Lipinski definition) is 3. The molecule has 0 unspecified atom stereocenters. The smallest absolute Gasteiger partial charge is 0.223 e. The minimum Gasteiger partial charge on any atom is -0.379 e. The molecule has 1 atom stereocenters.